The molecule has 32 heavy (non-hydrogen) atoms. The first-order valence-corrected chi connectivity index (χ1v) is 11.9. The highest BCUT2D eigenvalue weighted by Gasteiger charge is 2.35. The normalized spacial score (nSPS) is 15.7. The molecule has 6 nitrogen and oxygen atoms in total. The van der Waals surface area contributed by atoms with Gasteiger partial charge >= 0.3 is 5.97 Å². The Morgan fingerprint density at radius 2 is 1.81 bits per heavy atom. The molecule has 1 atom stereocenters. The van der Waals surface area contributed by atoms with Crippen molar-refractivity contribution >= 4 is 33.3 Å². The molecule has 0 saturated carbocycles. The number of carbonyl (C=O) groups is 1. The molecule has 3 aromatic rings. The van der Waals surface area contributed by atoms with Crippen LogP contribution in [0.3, 0.4) is 0 Å². The summed E-state index contributed by atoms with van der Waals surface area (Å²) < 4.78 is 34.5. The number of ether oxygens (including phenoxy) is 1. The molecule has 0 spiro atoms. The number of benzene rings is 3. The Morgan fingerprint density at radius 1 is 1.09 bits per heavy atom. The number of aliphatic carboxylic acids is 1. The van der Waals surface area contributed by atoms with Crippen LogP contribution in [-0.2, 0) is 14.8 Å². The Hall–Kier alpha value is -3.03. The van der Waals surface area contributed by atoms with Gasteiger partial charge in [0.1, 0.15) is 11.9 Å². The molecule has 0 fully saturated rings. The van der Waals surface area contributed by atoms with E-state index < -0.39 is 22.1 Å². The SMILES string of the molecule is Cc1cccc(S(=O)(=O)N2C[C@H](CCC(=O)O)Oc3ccc(-c4ccc(Cl)cc4)cc32)c1. The molecular formula is C24H22ClNO5S. The molecule has 0 amide bonds. The van der Waals surface area contributed by atoms with Crippen LogP contribution in [0.4, 0.5) is 5.69 Å². The quantitative estimate of drug-likeness (QED) is 0.538. The van der Waals surface area contributed by atoms with Gasteiger partial charge in [-0.2, -0.15) is 0 Å². The van der Waals surface area contributed by atoms with Gasteiger partial charge in [-0.15, -0.1) is 0 Å². The molecule has 8 heteroatoms. The number of aryl methyl sites for hydroxylation is 1. The Bertz CT molecular complexity index is 1260. The van der Waals surface area contributed by atoms with Crippen LogP contribution in [0.15, 0.2) is 71.6 Å². The van der Waals surface area contributed by atoms with Gasteiger partial charge in [0.2, 0.25) is 0 Å². The summed E-state index contributed by atoms with van der Waals surface area (Å²) in [5.41, 5.74) is 2.96. The van der Waals surface area contributed by atoms with Crippen molar-refractivity contribution in [3.8, 4) is 16.9 Å². The van der Waals surface area contributed by atoms with Gasteiger partial charge in [0.25, 0.3) is 10.0 Å². The third-order valence-corrected chi connectivity index (χ3v) is 7.35. The Morgan fingerprint density at radius 3 is 2.50 bits per heavy atom. The van der Waals surface area contributed by atoms with Gasteiger partial charge in [0, 0.05) is 11.4 Å². The summed E-state index contributed by atoms with van der Waals surface area (Å²) in [7, 11) is -3.89. The molecule has 166 valence electrons. The first-order chi connectivity index (χ1) is 15.2. The second-order valence-corrected chi connectivity index (χ2v) is 10.0. The van der Waals surface area contributed by atoms with E-state index in [9.17, 15) is 13.2 Å². The second kappa shape index (κ2) is 8.84. The van der Waals surface area contributed by atoms with E-state index in [1.807, 2.05) is 31.2 Å². The molecule has 1 N–H and O–H groups in total. The number of fused-ring (bicyclic) bond motifs is 1. The van der Waals surface area contributed by atoms with Gasteiger partial charge in [-0.05, 0) is 66.4 Å². The number of rotatable bonds is 6. The van der Waals surface area contributed by atoms with Crippen LogP contribution in [0.2, 0.25) is 5.02 Å². The van der Waals surface area contributed by atoms with Crippen LogP contribution in [0.5, 0.6) is 5.75 Å². The number of nitrogens with zero attached hydrogens (tertiary/aromatic N) is 1. The van der Waals surface area contributed by atoms with Gasteiger partial charge in [-0.3, -0.25) is 9.10 Å². The highest BCUT2D eigenvalue weighted by Crippen LogP contribution is 2.40. The first kappa shape index (κ1) is 22.2. The fourth-order valence-electron chi connectivity index (χ4n) is 3.70. The molecule has 0 bridgehead atoms. The summed E-state index contributed by atoms with van der Waals surface area (Å²) in [6, 6.07) is 19.4. The van der Waals surface area contributed by atoms with E-state index in [0.717, 1.165) is 16.7 Å². The number of sulfonamides is 1. The average Bonchev–Trinajstić information content (AvgIpc) is 2.77. The molecule has 1 aliphatic heterocycles. The maximum atomic E-state index is 13.6. The number of carboxylic acid groups (broad SMARTS) is 1. The Balaban J connectivity index is 1.79. The van der Waals surface area contributed by atoms with E-state index in [1.54, 1.807) is 42.5 Å². The third-order valence-electron chi connectivity index (χ3n) is 5.33. The van der Waals surface area contributed by atoms with Crippen LogP contribution in [-0.4, -0.2) is 32.1 Å². The topological polar surface area (TPSA) is 83.9 Å². The molecule has 0 saturated heterocycles. The standard InChI is InChI=1S/C24H22ClNO5S/c1-16-3-2-4-21(13-16)32(29,30)26-15-20(10-12-24(27)28)31-23-11-7-18(14-22(23)26)17-5-8-19(25)9-6-17/h2-9,11,13-14,20H,10,12,15H2,1H3,(H,27,28)/t20-/m0/s1. The first-order valence-electron chi connectivity index (χ1n) is 10.1. The van der Waals surface area contributed by atoms with E-state index in [-0.39, 0.29) is 24.3 Å². The van der Waals surface area contributed by atoms with E-state index in [0.29, 0.717) is 16.5 Å². The van der Waals surface area contributed by atoms with Crippen molar-refractivity contribution in [3.05, 3.63) is 77.3 Å². The highest BCUT2D eigenvalue weighted by atomic mass is 35.5. The number of carboxylic acids is 1. The van der Waals surface area contributed by atoms with E-state index in [2.05, 4.69) is 0 Å². The van der Waals surface area contributed by atoms with Gasteiger partial charge in [0.15, 0.2) is 0 Å². The predicted molar refractivity (Wildman–Crippen MR) is 124 cm³/mol. The summed E-state index contributed by atoms with van der Waals surface area (Å²) >= 11 is 6.00. The summed E-state index contributed by atoms with van der Waals surface area (Å²) in [6.07, 6.45) is -0.478. The zero-order chi connectivity index (χ0) is 22.9. The zero-order valence-electron chi connectivity index (χ0n) is 17.4. The number of hydrogen-bond acceptors (Lipinski definition) is 4. The second-order valence-electron chi connectivity index (χ2n) is 7.71. The van der Waals surface area contributed by atoms with Crippen molar-refractivity contribution in [1.82, 2.24) is 0 Å². The minimum atomic E-state index is -3.89. The highest BCUT2D eigenvalue weighted by molar-refractivity contribution is 7.92. The lowest BCUT2D eigenvalue weighted by Crippen LogP contribution is -2.43. The Labute approximate surface area is 192 Å². The van der Waals surface area contributed by atoms with Gasteiger partial charge in [0.05, 0.1) is 17.1 Å². The molecule has 0 aromatic heterocycles. The van der Waals surface area contributed by atoms with Gasteiger partial charge < -0.3 is 9.84 Å². The third kappa shape index (κ3) is 4.59. The van der Waals surface area contributed by atoms with Gasteiger partial charge in [-0.25, -0.2) is 8.42 Å². The van der Waals surface area contributed by atoms with Crippen LogP contribution in [0.1, 0.15) is 18.4 Å². The monoisotopic (exact) mass is 471 g/mol. The van der Waals surface area contributed by atoms with E-state index >= 15 is 0 Å². The molecule has 3 aromatic carbocycles. The van der Waals surface area contributed by atoms with E-state index in [1.165, 1.54) is 4.31 Å². The number of anilines is 1. The molecule has 1 heterocycles. The number of hydrogen-bond donors (Lipinski definition) is 1. The zero-order valence-corrected chi connectivity index (χ0v) is 18.9. The molecule has 0 radical (unpaired) electrons. The molecule has 1 aliphatic rings. The summed E-state index contributed by atoms with van der Waals surface area (Å²) in [5.74, 6) is -0.550. The fourth-order valence-corrected chi connectivity index (χ4v) is 5.43. The van der Waals surface area contributed by atoms with Crippen molar-refractivity contribution in [3.63, 3.8) is 0 Å². The predicted octanol–water partition coefficient (Wildman–Crippen LogP) is 5.14. The minimum absolute atomic E-state index is 0.0284. The molecule has 4 rings (SSSR count). The molecule has 0 aliphatic carbocycles. The maximum Gasteiger partial charge on any atom is 0.303 e. The van der Waals surface area contributed by atoms with Crippen molar-refractivity contribution in [2.45, 2.75) is 30.8 Å². The molecular weight excluding hydrogens is 450 g/mol. The van der Waals surface area contributed by atoms with E-state index in [4.69, 9.17) is 21.4 Å². The Kier molecular flexibility index (Phi) is 6.13. The smallest absolute Gasteiger partial charge is 0.303 e. The average molecular weight is 472 g/mol. The lowest BCUT2D eigenvalue weighted by molar-refractivity contribution is -0.137. The molecule has 0 unspecified atom stereocenters. The largest absolute Gasteiger partial charge is 0.486 e. The van der Waals surface area contributed by atoms with Crippen molar-refractivity contribution in [1.29, 1.82) is 0 Å². The summed E-state index contributed by atoms with van der Waals surface area (Å²) in [6.45, 7) is 1.86. The van der Waals surface area contributed by atoms with Crippen LogP contribution >= 0.6 is 11.6 Å². The lowest BCUT2D eigenvalue weighted by Gasteiger charge is -2.35. The fraction of sp³-hybridized carbons (Fsp3) is 0.208. The van der Waals surface area contributed by atoms with Crippen LogP contribution in [0.25, 0.3) is 11.1 Å². The van der Waals surface area contributed by atoms with Gasteiger partial charge in [-0.1, -0.05) is 41.9 Å². The summed E-state index contributed by atoms with van der Waals surface area (Å²) in [5, 5.41) is 9.67. The van der Waals surface area contributed by atoms with Crippen LogP contribution in [0, 0.1) is 6.92 Å². The number of halogens is 1. The van der Waals surface area contributed by atoms with Crippen molar-refractivity contribution in [2.75, 3.05) is 10.8 Å². The minimum Gasteiger partial charge on any atom is -0.486 e. The van der Waals surface area contributed by atoms with Crippen LogP contribution < -0.4 is 9.04 Å². The van der Waals surface area contributed by atoms with Crippen molar-refractivity contribution < 1.29 is 23.1 Å². The lowest BCUT2D eigenvalue weighted by atomic mass is 10.0. The summed E-state index contributed by atoms with van der Waals surface area (Å²) in [4.78, 5) is 11.2. The maximum absolute atomic E-state index is 13.6. The van der Waals surface area contributed by atoms with Crippen molar-refractivity contribution in [2.24, 2.45) is 0 Å².